The van der Waals surface area contributed by atoms with Gasteiger partial charge < -0.3 is 5.73 Å². The summed E-state index contributed by atoms with van der Waals surface area (Å²) in [4.78, 5) is 5.39. The van der Waals surface area contributed by atoms with Crippen LogP contribution in [-0.4, -0.2) is 17.0 Å². The molecule has 2 aromatic heterocycles. The number of hydrogen-bond donors (Lipinski definition) is 1. The average molecular weight is 323 g/mol. The first kappa shape index (κ1) is 16.7. The van der Waals surface area contributed by atoms with E-state index in [4.69, 9.17) is 5.73 Å². The van der Waals surface area contributed by atoms with Crippen molar-refractivity contribution in [3.05, 3.63) is 44.3 Å². The molecule has 0 spiro atoms. The number of nitrogens with zero attached hydrogens (tertiary/aromatic N) is 1. The molecule has 21 heavy (non-hydrogen) atoms. The molecule has 0 aliphatic rings. The summed E-state index contributed by atoms with van der Waals surface area (Å²) in [5.41, 5.74) is 7.88. The molecule has 2 N–H and O–H groups in total. The summed E-state index contributed by atoms with van der Waals surface area (Å²) in [5.74, 6) is 0. The molecule has 0 bridgehead atoms. The molecule has 0 saturated heterocycles. The standard InChI is InChI=1S/C17H26N2S2/c1-5-15(18)16(17-13(4)8-10-21-17)19(12(2)3)11-14-7-6-9-20-14/h6-10,12,15-16H,5,11,18H2,1-4H3. The van der Waals surface area contributed by atoms with Crippen LogP contribution < -0.4 is 5.73 Å². The first-order chi connectivity index (χ1) is 10.0. The lowest BCUT2D eigenvalue weighted by molar-refractivity contribution is 0.124. The normalized spacial score (nSPS) is 14.8. The van der Waals surface area contributed by atoms with Crippen molar-refractivity contribution in [2.24, 2.45) is 5.73 Å². The second-order valence-corrected chi connectivity index (χ2v) is 7.81. The van der Waals surface area contributed by atoms with Gasteiger partial charge in [-0.1, -0.05) is 13.0 Å². The summed E-state index contributed by atoms with van der Waals surface area (Å²) in [6, 6.07) is 7.50. The van der Waals surface area contributed by atoms with Crippen LogP contribution in [0.1, 0.15) is 48.6 Å². The Morgan fingerprint density at radius 3 is 2.43 bits per heavy atom. The molecule has 2 heterocycles. The van der Waals surface area contributed by atoms with Gasteiger partial charge in [-0.05, 0) is 55.6 Å². The highest BCUT2D eigenvalue weighted by molar-refractivity contribution is 7.10. The van der Waals surface area contributed by atoms with E-state index in [1.807, 2.05) is 22.7 Å². The minimum absolute atomic E-state index is 0.171. The Morgan fingerprint density at radius 2 is 1.95 bits per heavy atom. The maximum absolute atomic E-state index is 6.51. The van der Waals surface area contributed by atoms with E-state index in [1.165, 1.54) is 15.3 Å². The van der Waals surface area contributed by atoms with Gasteiger partial charge >= 0.3 is 0 Å². The molecule has 116 valence electrons. The molecule has 2 nitrogen and oxygen atoms in total. The predicted octanol–water partition coefficient (Wildman–Crippen LogP) is 4.81. The quantitative estimate of drug-likeness (QED) is 0.793. The van der Waals surface area contributed by atoms with Crippen molar-refractivity contribution in [3.8, 4) is 0 Å². The SMILES string of the molecule is CCC(N)C(c1sccc1C)N(Cc1cccs1)C(C)C. The Balaban J connectivity index is 2.33. The molecule has 4 heteroatoms. The molecule has 2 rings (SSSR count). The van der Waals surface area contributed by atoms with E-state index in [2.05, 4.69) is 61.6 Å². The van der Waals surface area contributed by atoms with Gasteiger partial charge in [-0.15, -0.1) is 22.7 Å². The van der Waals surface area contributed by atoms with Crippen LogP contribution in [0.3, 0.4) is 0 Å². The molecule has 0 aliphatic heterocycles. The van der Waals surface area contributed by atoms with Gasteiger partial charge in [0.1, 0.15) is 0 Å². The lowest BCUT2D eigenvalue weighted by atomic mass is 9.99. The van der Waals surface area contributed by atoms with Gasteiger partial charge in [0.2, 0.25) is 0 Å². The molecule has 2 unspecified atom stereocenters. The zero-order valence-corrected chi connectivity index (χ0v) is 15.0. The topological polar surface area (TPSA) is 29.3 Å². The van der Waals surface area contributed by atoms with E-state index < -0.39 is 0 Å². The predicted molar refractivity (Wildman–Crippen MR) is 95.1 cm³/mol. The van der Waals surface area contributed by atoms with E-state index >= 15 is 0 Å². The molecule has 0 fully saturated rings. The Hall–Kier alpha value is -0.680. The van der Waals surface area contributed by atoms with Crippen LogP contribution in [0, 0.1) is 6.92 Å². The second kappa shape index (κ2) is 7.54. The van der Waals surface area contributed by atoms with Crippen molar-refractivity contribution < 1.29 is 0 Å². The number of rotatable bonds is 7. The van der Waals surface area contributed by atoms with Crippen LogP contribution in [0.2, 0.25) is 0 Å². The zero-order valence-electron chi connectivity index (χ0n) is 13.4. The Morgan fingerprint density at radius 1 is 1.19 bits per heavy atom. The molecule has 0 amide bonds. The minimum Gasteiger partial charge on any atom is -0.326 e. The van der Waals surface area contributed by atoms with Gasteiger partial charge in [-0.3, -0.25) is 4.90 Å². The van der Waals surface area contributed by atoms with Crippen LogP contribution in [0.4, 0.5) is 0 Å². The fourth-order valence-electron chi connectivity index (χ4n) is 2.69. The highest BCUT2D eigenvalue weighted by Crippen LogP contribution is 2.34. The van der Waals surface area contributed by atoms with Crippen molar-refractivity contribution in [3.63, 3.8) is 0 Å². The summed E-state index contributed by atoms with van der Waals surface area (Å²) >= 11 is 3.67. The lowest BCUT2D eigenvalue weighted by Crippen LogP contribution is -2.43. The molecule has 0 aromatic carbocycles. The summed E-state index contributed by atoms with van der Waals surface area (Å²) in [7, 11) is 0. The fourth-order valence-corrected chi connectivity index (χ4v) is 4.52. The van der Waals surface area contributed by atoms with Crippen molar-refractivity contribution in [1.29, 1.82) is 0 Å². The summed E-state index contributed by atoms with van der Waals surface area (Å²) in [6.07, 6.45) is 0.996. The summed E-state index contributed by atoms with van der Waals surface area (Å²) in [6.45, 7) is 9.90. The number of hydrogen-bond acceptors (Lipinski definition) is 4. The van der Waals surface area contributed by atoms with Crippen LogP contribution in [0.25, 0.3) is 0 Å². The van der Waals surface area contributed by atoms with E-state index in [-0.39, 0.29) is 6.04 Å². The van der Waals surface area contributed by atoms with Crippen LogP contribution in [-0.2, 0) is 6.54 Å². The first-order valence-electron chi connectivity index (χ1n) is 7.62. The van der Waals surface area contributed by atoms with Crippen molar-refractivity contribution >= 4 is 22.7 Å². The number of thiophene rings is 2. The van der Waals surface area contributed by atoms with E-state index in [9.17, 15) is 0 Å². The highest BCUT2D eigenvalue weighted by atomic mass is 32.1. The summed E-state index contributed by atoms with van der Waals surface area (Å²) < 4.78 is 0. The largest absolute Gasteiger partial charge is 0.326 e. The van der Waals surface area contributed by atoms with Crippen LogP contribution in [0.5, 0.6) is 0 Å². The molecule has 0 saturated carbocycles. The van der Waals surface area contributed by atoms with Crippen molar-refractivity contribution in [2.75, 3.05) is 0 Å². The molecule has 0 aliphatic carbocycles. The van der Waals surface area contributed by atoms with E-state index in [0.29, 0.717) is 12.1 Å². The third-order valence-electron chi connectivity index (χ3n) is 3.99. The summed E-state index contributed by atoms with van der Waals surface area (Å²) in [5, 5.41) is 4.34. The fraction of sp³-hybridized carbons (Fsp3) is 0.529. The molecule has 0 radical (unpaired) electrons. The van der Waals surface area contributed by atoms with Gasteiger partial charge in [-0.25, -0.2) is 0 Å². The number of nitrogens with two attached hydrogens (primary N) is 1. The third kappa shape index (κ3) is 3.95. The highest BCUT2D eigenvalue weighted by Gasteiger charge is 2.30. The Labute approximate surface area is 136 Å². The Bertz CT molecular complexity index is 531. The van der Waals surface area contributed by atoms with E-state index in [0.717, 1.165) is 13.0 Å². The third-order valence-corrected chi connectivity index (χ3v) is 5.94. The van der Waals surface area contributed by atoms with Gasteiger partial charge in [0.15, 0.2) is 0 Å². The molecule has 2 aromatic rings. The van der Waals surface area contributed by atoms with Crippen molar-refractivity contribution in [1.82, 2.24) is 4.90 Å². The Kier molecular flexibility index (Phi) is 5.99. The van der Waals surface area contributed by atoms with Gasteiger partial charge in [0.25, 0.3) is 0 Å². The van der Waals surface area contributed by atoms with Gasteiger partial charge in [0.05, 0.1) is 6.04 Å². The molecular weight excluding hydrogens is 296 g/mol. The van der Waals surface area contributed by atoms with Gasteiger partial charge in [-0.2, -0.15) is 0 Å². The maximum Gasteiger partial charge on any atom is 0.0601 e. The average Bonchev–Trinajstić information content (AvgIpc) is 3.10. The maximum atomic E-state index is 6.51. The van der Waals surface area contributed by atoms with Crippen molar-refractivity contribution in [2.45, 2.75) is 58.8 Å². The zero-order chi connectivity index (χ0) is 15.4. The molecule has 2 atom stereocenters. The van der Waals surface area contributed by atoms with Crippen LogP contribution in [0.15, 0.2) is 29.0 Å². The van der Waals surface area contributed by atoms with Gasteiger partial charge in [0, 0.05) is 28.4 Å². The lowest BCUT2D eigenvalue weighted by Gasteiger charge is -2.38. The smallest absolute Gasteiger partial charge is 0.0601 e. The first-order valence-corrected chi connectivity index (χ1v) is 9.38. The number of aryl methyl sites for hydroxylation is 1. The minimum atomic E-state index is 0.171. The van der Waals surface area contributed by atoms with E-state index in [1.54, 1.807) is 0 Å². The van der Waals surface area contributed by atoms with Crippen LogP contribution >= 0.6 is 22.7 Å². The second-order valence-electron chi connectivity index (χ2n) is 5.83. The monoisotopic (exact) mass is 322 g/mol. The molecular formula is C17H26N2S2.